The molecule has 1 aromatic heterocycles. The Labute approximate surface area is 106 Å². The van der Waals surface area contributed by atoms with Crippen LogP contribution >= 0.6 is 0 Å². The van der Waals surface area contributed by atoms with Crippen LogP contribution in [0.3, 0.4) is 0 Å². The Balaban J connectivity index is 1.96. The first-order valence-corrected chi connectivity index (χ1v) is 6.85. The summed E-state index contributed by atoms with van der Waals surface area (Å²) in [5.41, 5.74) is 1.33. The van der Waals surface area contributed by atoms with Gasteiger partial charge in [0, 0.05) is 12.7 Å². The predicted molar refractivity (Wildman–Crippen MR) is 70.1 cm³/mol. The van der Waals surface area contributed by atoms with Gasteiger partial charge in [-0.1, -0.05) is 30.3 Å². The van der Waals surface area contributed by atoms with Crippen LogP contribution in [0.2, 0.25) is 0 Å². The van der Waals surface area contributed by atoms with Crippen molar-refractivity contribution in [3.8, 4) is 0 Å². The van der Waals surface area contributed by atoms with Gasteiger partial charge in [0.1, 0.15) is 0 Å². The first-order chi connectivity index (χ1) is 8.66. The van der Waals surface area contributed by atoms with E-state index in [0.29, 0.717) is 5.69 Å². The second-order valence-electron chi connectivity index (χ2n) is 3.65. The van der Waals surface area contributed by atoms with Crippen molar-refractivity contribution in [2.45, 2.75) is 6.54 Å². The molecule has 0 spiro atoms. The Hall–Kier alpha value is -1.92. The number of hydrogen-bond acceptors (Lipinski definition) is 3. The Morgan fingerprint density at radius 1 is 1.06 bits per heavy atom. The fraction of sp³-hybridized carbons (Fsp3) is 0.0833. The normalized spacial score (nSPS) is 11.1. The third-order valence-electron chi connectivity index (χ3n) is 2.22. The Morgan fingerprint density at radius 2 is 1.83 bits per heavy atom. The maximum Gasteiger partial charge on any atom is 0.299 e. The van der Waals surface area contributed by atoms with Gasteiger partial charge in [0.15, 0.2) is 0 Å². The van der Waals surface area contributed by atoms with E-state index in [0.717, 1.165) is 5.56 Å². The van der Waals surface area contributed by atoms with Gasteiger partial charge >= 0.3 is 0 Å². The van der Waals surface area contributed by atoms with Gasteiger partial charge in [0.05, 0.1) is 11.9 Å². The topological polar surface area (TPSA) is 71.1 Å². The lowest BCUT2D eigenvalue weighted by atomic mass is 10.2. The zero-order chi connectivity index (χ0) is 12.8. The molecular weight excluding hydrogens is 250 g/mol. The lowest BCUT2D eigenvalue weighted by Gasteiger charge is -2.08. The number of nitrogens with one attached hydrogen (secondary N) is 2. The molecule has 0 aliphatic heterocycles. The summed E-state index contributed by atoms with van der Waals surface area (Å²) in [4.78, 5) is 3.83. The molecule has 94 valence electrons. The van der Waals surface area contributed by atoms with Crippen LogP contribution in [0.15, 0.2) is 54.9 Å². The smallest absolute Gasteiger partial charge is 0.270 e. The number of pyridine rings is 1. The van der Waals surface area contributed by atoms with E-state index in [1.54, 1.807) is 18.3 Å². The van der Waals surface area contributed by atoms with Crippen molar-refractivity contribution in [1.82, 2.24) is 9.71 Å². The van der Waals surface area contributed by atoms with Crippen LogP contribution in [0, 0.1) is 0 Å². The predicted octanol–water partition coefficient (Wildman–Crippen LogP) is 1.53. The van der Waals surface area contributed by atoms with Gasteiger partial charge < -0.3 is 0 Å². The molecule has 0 aliphatic carbocycles. The molecule has 5 nitrogen and oxygen atoms in total. The lowest BCUT2D eigenvalue weighted by molar-refractivity contribution is 0.587. The number of aromatic nitrogens is 1. The lowest BCUT2D eigenvalue weighted by Crippen LogP contribution is -2.29. The summed E-state index contributed by atoms with van der Waals surface area (Å²) in [6, 6.07) is 12.6. The van der Waals surface area contributed by atoms with Gasteiger partial charge in [0.25, 0.3) is 10.2 Å². The van der Waals surface area contributed by atoms with Gasteiger partial charge in [-0.25, -0.2) is 0 Å². The fourth-order valence-electron chi connectivity index (χ4n) is 1.39. The first kappa shape index (κ1) is 12.5. The molecule has 0 fully saturated rings. The highest BCUT2D eigenvalue weighted by Crippen LogP contribution is 2.05. The van der Waals surface area contributed by atoms with Gasteiger partial charge in [-0.3, -0.25) is 9.71 Å². The summed E-state index contributed by atoms with van der Waals surface area (Å²) in [5.74, 6) is 0. The van der Waals surface area contributed by atoms with E-state index in [9.17, 15) is 8.42 Å². The van der Waals surface area contributed by atoms with Gasteiger partial charge in [-0.05, 0) is 17.7 Å². The molecule has 0 saturated carbocycles. The van der Waals surface area contributed by atoms with E-state index in [2.05, 4.69) is 14.4 Å². The summed E-state index contributed by atoms with van der Waals surface area (Å²) in [5, 5.41) is 0. The molecule has 1 heterocycles. The van der Waals surface area contributed by atoms with E-state index in [-0.39, 0.29) is 6.54 Å². The van der Waals surface area contributed by atoms with Crippen molar-refractivity contribution in [3.05, 3.63) is 60.4 Å². The largest absolute Gasteiger partial charge is 0.299 e. The summed E-state index contributed by atoms with van der Waals surface area (Å²) in [6.45, 7) is 0.246. The van der Waals surface area contributed by atoms with Crippen LogP contribution in [0.5, 0.6) is 0 Å². The summed E-state index contributed by atoms with van der Waals surface area (Å²) in [6.07, 6.45) is 3.02. The van der Waals surface area contributed by atoms with Crippen molar-refractivity contribution < 1.29 is 8.42 Å². The quantitative estimate of drug-likeness (QED) is 0.859. The number of hydrogen-bond donors (Lipinski definition) is 2. The molecule has 18 heavy (non-hydrogen) atoms. The van der Waals surface area contributed by atoms with Crippen molar-refractivity contribution in [1.29, 1.82) is 0 Å². The molecule has 0 unspecified atom stereocenters. The van der Waals surface area contributed by atoms with E-state index in [1.807, 2.05) is 30.3 Å². The van der Waals surface area contributed by atoms with Crippen LogP contribution in [0.25, 0.3) is 0 Å². The second kappa shape index (κ2) is 5.61. The Kier molecular flexibility index (Phi) is 3.91. The van der Waals surface area contributed by atoms with Crippen molar-refractivity contribution >= 4 is 15.9 Å². The summed E-state index contributed by atoms with van der Waals surface area (Å²) in [7, 11) is -3.57. The molecule has 2 rings (SSSR count). The Morgan fingerprint density at radius 3 is 2.50 bits per heavy atom. The van der Waals surface area contributed by atoms with Crippen LogP contribution in [-0.2, 0) is 16.8 Å². The molecule has 0 bridgehead atoms. The monoisotopic (exact) mass is 263 g/mol. The standard InChI is InChI=1S/C12H13N3O2S/c16-18(17,15-12-7-4-8-13-10-12)14-9-11-5-2-1-3-6-11/h1-8,10,14-15H,9H2. The molecule has 0 saturated heterocycles. The molecule has 0 amide bonds. The van der Waals surface area contributed by atoms with Crippen LogP contribution in [0.1, 0.15) is 5.56 Å². The van der Waals surface area contributed by atoms with Crippen molar-refractivity contribution in [2.75, 3.05) is 4.72 Å². The number of benzene rings is 1. The van der Waals surface area contributed by atoms with Crippen LogP contribution in [-0.4, -0.2) is 13.4 Å². The molecule has 2 aromatic rings. The highest BCUT2D eigenvalue weighted by Gasteiger charge is 2.08. The second-order valence-corrected chi connectivity index (χ2v) is 5.15. The third-order valence-corrected chi connectivity index (χ3v) is 3.25. The molecule has 0 atom stereocenters. The van der Waals surface area contributed by atoms with Crippen LogP contribution in [0.4, 0.5) is 5.69 Å². The molecule has 0 radical (unpaired) electrons. The van der Waals surface area contributed by atoms with Gasteiger partial charge in [-0.15, -0.1) is 0 Å². The van der Waals surface area contributed by atoms with E-state index < -0.39 is 10.2 Å². The highest BCUT2D eigenvalue weighted by molar-refractivity contribution is 7.90. The zero-order valence-electron chi connectivity index (χ0n) is 9.58. The van der Waals surface area contributed by atoms with Gasteiger partial charge in [0.2, 0.25) is 0 Å². The maximum atomic E-state index is 11.7. The molecule has 6 heteroatoms. The van der Waals surface area contributed by atoms with Crippen molar-refractivity contribution in [2.24, 2.45) is 0 Å². The van der Waals surface area contributed by atoms with E-state index in [1.165, 1.54) is 6.20 Å². The Bertz CT molecular complexity index is 585. The first-order valence-electron chi connectivity index (χ1n) is 5.37. The number of nitrogens with zero attached hydrogens (tertiary/aromatic N) is 1. The minimum atomic E-state index is -3.57. The highest BCUT2D eigenvalue weighted by atomic mass is 32.2. The molecule has 0 aliphatic rings. The van der Waals surface area contributed by atoms with Gasteiger partial charge in [-0.2, -0.15) is 13.1 Å². The fourth-order valence-corrected chi connectivity index (χ4v) is 2.25. The zero-order valence-corrected chi connectivity index (χ0v) is 10.4. The van der Waals surface area contributed by atoms with E-state index >= 15 is 0 Å². The van der Waals surface area contributed by atoms with Crippen LogP contribution < -0.4 is 9.44 Å². The minimum absolute atomic E-state index is 0.246. The average Bonchev–Trinajstić information content (AvgIpc) is 2.38. The number of anilines is 1. The summed E-state index contributed by atoms with van der Waals surface area (Å²) < 4.78 is 28.3. The number of rotatable bonds is 5. The molecule has 2 N–H and O–H groups in total. The molecule has 1 aromatic carbocycles. The summed E-state index contributed by atoms with van der Waals surface area (Å²) >= 11 is 0. The average molecular weight is 263 g/mol. The maximum absolute atomic E-state index is 11.7. The van der Waals surface area contributed by atoms with Crippen molar-refractivity contribution in [3.63, 3.8) is 0 Å². The SMILES string of the molecule is O=S(=O)(NCc1ccccc1)Nc1cccnc1. The van der Waals surface area contributed by atoms with E-state index in [4.69, 9.17) is 0 Å². The molecular formula is C12H13N3O2S. The minimum Gasteiger partial charge on any atom is -0.270 e. The third kappa shape index (κ3) is 3.83.